The largest absolute Gasteiger partial charge is 0.497 e. The first-order valence-corrected chi connectivity index (χ1v) is 12.5. The van der Waals surface area contributed by atoms with E-state index in [1.807, 2.05) is 84.9 Å². The SMILES string of the molecule is CCCCCNC(=O)C(Cc1ccccc1)N(Cc1ccc(OC)cc1)C(=O)COc1ccccc1. The van der Waals surface area contributed by atoms with Crippen molar-refractivity contribution in [2.75, 3.05) is 20.3 Å². The topological polar surface area (TPSA) is 67.9 Å². The third kappa shape index (κ3) is 8.45. The van der Waals surface area contributed by atoms with Crippen molar-refractivity contribution in [3.8, 4) is 11.5 Å². The lowest BCUT2D eigenvalue weighted by Crippen LogP contribution is -2.51. The van der Waals surface area contributed by atoms with Crippen molar-refractivity contribution in [2.45, 2.75) is 45.2 Å². The number of unbranched alkanes of at least 4 members (excludes halogenated alkanes) is 2. The average Bonchev–Trinajstić information content (AvgIpc) is 2.93. The van der Waals surface area contributed by atoms with Gasteiger partial charge < -0.3 is 19.7 Å². The molecule has 1 unspecified atom stereocenters. The summed E-state index contributed by atoms with van der Waals surface area (Å²) < 4.78 is 11.0. The second-order valence-electron chi connectivity index (χ2n) is 8.68. The highest BCUT2D eigenvalue weighted by molar-refractivity contribution is 5.88. The number of ether oxygens (including phenoxy) is 2. The molecule has 0 saturated carbocycles. The van der Waals surface area contributed by atoms with E-state index in [1.165, 1.54) is 0 Å². The Labute approximate surface area is 214 Å². The number of benzene rings is 3. The number of amides is 2. The van der Waals surface area contributed by atoms with E-state index in [0.29, 0.717) is 18.7 Å². The van der Waals surface area contributed by atoms with Crippen LogP contribution in [0.4, 0.5) is 0 Å². The minimum Gasteiger partial charge on any atom is -0.497 e. The van der Waals surface area contributed by atoms with Crippen LogP contribution in [-0.4, -0.2) is 43.0 Å². The Kier molecular flexibility index (Phi) is 10.8. The molecule has 0 aliphatic heterocycles. The molecule has 0 aromatic heterocycles. The highest BCUT2D eigenvalue weighted by Crippen LogP contribution is 2.18. The molecule has 1 atom stereocenters. The molecule has 0 aliphatic rings. The number of hydrogen-bond donors (Lipinski definition) is 1. The molecule has 6 nitrogen and oxygen atoms in total. The van der Waals surface area contributed by atoms with Gasteiger partial charge >= 0.3 is 0 Å². The fourth-order valence-electron chi connectivity index (χ4n) is 3.93. The van der Waals surface area contributed by atoms with E-state index in [4.69, 9.17) is 9.47 Å². The molecule has 0 bridgehead atoms. The molecule has 0 fully saturated rings. The van der Waals surface area contributed by atoms with Crippen LogP contribution in [0.15, 0.2) is 84.9 Å². The number of carbonyl (C=O) groups is 2. The first kappa shape index (κ1) is 26.8. The lowest BCUT2D eigenvalue weighted by molar-refractivity contribution is -0.142. The van der Waals surface area contributed by atoms with Gasteiger partial charge in [-0.1, -0.05) is 80.4 Å². The quantitative estimate of drug-likeness (QED) is 0.324. The Morgan fingerprint density at radius 2 is 1.50 bits per heavy atom. The van der Waals surface area contributed by atoms with Crippen LogP contribution in [0, 0.1) is 0 Å². The summed E-state index contributed by atoms with van der Waals surface area (Å²) in [4.78, 5) is 28.6. The van der Waals surface area contributed by atoms with Crippen molar-refractivity contribution < 1.29 is 19.1 Å². The van der Waals surface area contributed by atoms with E-state index in [1.54, 1.807) is 12.0 Å². The monoisotopic (exact) mass is 488 g/mol. The highest BCUT2D eigenvalue weighted by atomic mass is 16.5. The summed E-state index contributed by atoms with van der Waals surface area (Å²) >= 11 is 0. The molecular weight excluding hydrogens is 452 g/mol. The van der Waals surface area contributed by atoms with Crippen LogP contribution in [-0.2, 0) is 22.6 Å². The predicted octanol–water partition coefficient (Wildman–Crippen LogP) is 5.02. The lowest BCUT2D eigenvalue weighted by Gasteiger charge is -2.31. The normalized spacial score (nSPS) is 11.4. The molecular formula is C30H36N2O4. The van der Waals surface area contributed by atoms with E-state index >= 15 is 0 Å². The second kappa shape index (κ2) is 14.6. The minimum absolute atomic E-state index is 0.156. The van der Waals surface area contributed by atoms with Crippen molar-refractivity contribution in [3.63, 3.8) is 0 Å². The summed E-state index contributed by atoms with van der Waals surface area (Å²) in [6.07, 6.45) is 3.43. The van der Waals surface area contributed by atoms with Gasteiger partial charge in [-0.15, -0.1) is 0 Å². The van der Waals surface area contributed by atoms with Crippen LogP contribution in [0.5, 0.6) is 11.5 Å². The minimum atomic E-state index is -0.678. The molecule has 3 rings (SSSR count). The zero-order valence-corrected chi connectivity index (χ0v) is 21.2. The van der Waals surface area contributed by atoms with E-state index in [9.17, 15) is 9.59 Å². The van der Waals surface area contributed by atoms with Crippen molar-refractivity contribution in [1.82, 2.24) is 10.2 Å². The number of carbonyl (C=O) groups excluding carboxylic acids is 2. The second-order valence-corrected chi connectivity index (χ2v) is 8.68. The summed E-state index contributed by atoms with van der Waals surface area (Å²) in [5, 5.41) is 3.06. The van der Waals surface area contributed by atoms with Crippen LogP contribution < -0.4 is 14.8 Å². The molecule has 3 aromatic carbocycles. The van der Waals surface area contributed by atoms with Gasteiger partial charge in [-0.2, -0.15) is 0 Å². The number of nitrogens with zero attached hydrogens (tertiary/aromatic N) is 1. The first-order valence-electron chi connectivity index (χ1n) is 12.5. The van der Waals surface area contributed by atoms with Crippen LogP contribution in [0.2, 0.25) is 0 Å². The van der Waals surface area contributed by atoms with Crippen molar-refractivity contribution in [1.29, 1.82) is 0 Å². The smallest absolute Gasteiger partial charge is 0.261 e. The zero-order chi connectivity index (χ0) is 25.6. The van der Waals surface area contributed by atoms with Crippen molar-refractivity contribution >= 4 is 11.8 Å². The van der Waals surface area contributed by atoms with Gasteiger partial charge in [0.05, 0.1) is 7.11 Å². The number of methoxy groups -OCH3 is 1. The van der Waals surface area contributed by atoms with Gasteiger partial charge in [-0.3, -0.25) is 9.59 Å². The van der Waals surface area contributed by atoms with Crippen LogP contribution in [0.25, 0.3) is 0 Å². The lowest BCUT2D eigenvalue weighted by atomic mass is 10.0. The van der Waals surface area contributed by atoms with Gasteiger partial charge in [-0.05, 0) is 41.8 Å². The average molecular weight is 489 g/mol. The Hall–Kier alpha value is -3.80. The number of rotatable bonds is 14. The molecule has 1 N–H and O–H groups in total. The molecule has 3 aromatic rings. The fraction of sp³-hybridized carbons (Fsp3) is 0.333. The Morgan fingerprint density at radius 3 is 2.14 bits per heavy atom. The van der Waals surface area contributed by atoms with Crippen molar-refractivity contribution in [3.05, 3.63) is 96.1 Å². The molecule has 0 heterocycles. The Morgan fingerprint density at radius 1 is 0.833 bits per heavy atom. The molecule has 36 heavy (non-hydrogen) atoms. The standard InChI is InChI=1S/C30H36N2O4/c1-3-4-11-20-31-30(34)28(21-24-12-7-5-8-13-24)32(22-25-16-18-26(35-2)19-17-25)29(33)23-36-27-14-9-6-10-15-27/h5-10,12-19,28H,3-4,11,20-23H2,1-2H3,(H,31,34). The van der Waals surface area contributed by atoms with Gasteiger partial charge in [0, 0.05) is 19.5 Å². The zero-order valence-electron chi connectivity index (χ0n) is 21.2. The van der Waals surface area contributed by atoms with Crippen LogP contribution >= 0.6 is 0 Å². The van der Waals surface area contributed by atoms with E-state index in [0.717, 1.165) is 36.1 Å². The summed E-state index contributed by atoms with van der Waals surface area (Å²) in [6.45, 7) is 2.83. The highest BCUT2D eigenvalue weighted by Gasteiger charge is 2.30. The van der Waals surface area contributed by atoms with Crippen LogP contribution in [0.1, 0.15) is 37.3 Å². The Balaban J connectivity index is 1.86. The summed E-state index contributed by atoms with van der Waals surface area (Å²) in [5.74, 6) is 0.938. The molecule has 0 spiro atoms. The maximum atomic E-state index is 13.6. The molecule has 190 valence electrons. The van der Waals surface area contributed by atoms with Gasteiger partial charge in [0.15, 0.2) is 6.61 Å². The van der Waals surface area contributed by atoms with Gasteiger partial charge in [0.25, 0.3) is 5.91 Å². The number of para-hydroxylation sites is 1. The first-order chi connectivity index (χ1) is 17.6. The molecule has 0 aliphatic carbocycles. The van der Waals surface area contributed by atoms with E-state index in [-0.39, 0.29) is 25.0 Å². The Bertz CT molecular complexity index is 1060. The maximum absolute atomic E-state index is 13.6. The molecule has 2 amide bonds. The predicted molar refractivity (Wildman–Crippen MR) is 142 cm³/mol. The van der Waals surface area contributed by atoms with Crippen LogP contribution in [0.3, 0.4) is 0 Å². The fourth-order valence-corrected chi connectivity index (χ4v) is 3.93. The third-order valence-electron chi connectivity index (χ3n) is 5.97. The number of nitrogens with one attached hydrogen (secondary N) is 1. The third-order valence-corrected chi connectivity index (χ3v) is 5.97. The molecule has 0 radical (unpaired) electrons. The molecule has 0 saturated heterocycles. The van der Waals surface area contributed by atoms with Crippen molar-refractivity contribution in [2.24, 2.45) is 0 Å². The summed E-state index contributed by atoms with van der Waals surface area (Å²) in [7, 11) is 1.62. The van der Waals surface area contributed by atoms with E-state index < -0.39 is 6.04 Å². The van der Waals surface area contributed by atoms with Gasteiger partial charge in [0.2, 0.25) is 5.91 Å². The molecule has 6 heteroatoms. The number of hydrogen-bond acceptors (Lipinski definition) is 4. The van der Waals surface area contributed by atoms with Gasteiger partial charge in [-0.25, -0.2) is 0 Å². The summed E-state index contributed by atoms with van der Waals surface area (Å²) in [6, 6.07) is 25.9. The van der Waals surface area contributed by atoms with Gasteiger partial charge in [0.1, 0.15) is 17.5 Å². The van der Waals surface area contributed by atoms with E-state index in [2.05, 4.69) is 12.2 Å². The maximum Gasteiger partial charge on any atom is 0.261 e. The summed E-state index contributed by atoms with van der Waals surface area (Å²) in [5.41, 5.74) is 1.89.